The third-order valence-electron chi connectivity index (χ3n) is 8.88. The molecule has 0 aromatic rings. The minimum Gasteiger partial charge on any atom is -0.451 e. The van der Waals surface area contributed by atoms with Crippen LogP contribution in [0.4, 0.5) is 0 Å². The van der Waals surface area contributed by atoms with Gasteiger partial charge in [-0.15, -0.1) is 0 Å². The second kappa shape index (κ2) is 6.14. The number of hydrogen-bond donors (Lipinski definition) is 0. The zero-order chi connectivity index (χ0) is 20.5. The first-order chi connectivity index (χ1) is 13.0. The van der Waals surface area contributed by atoms with Crippen molar-refractivity contribution in [1.29, 1.82) is 0 Å². The highest BCUT2D eigenvalue weighted by molar-refractivity contribution is 6.01. The number of esters is 1. The van der Waals surface area contributed by atoms with Crippen molar-refractivity contribution in [3.05, 3.63) is 23.8 Å². The highest BCUT2D eigenvalue weighted by Crippen LogP contribution is 2.68. The Hall–Kier alpha value is -1.71. The molecule has 0 saturated heterocycles. The Morgan fingerprint density at radius 2 is 1.79 bits per heavy atom. The first-order valence-corrected chi connectivity index (χ1v) is 10.7. The Morgan fingerprint density at radius 1 is 1.11 bits per heavy atom. The van der Waals surface area contributed by atoms with E-state index in [0.29, 0.717) is 30.1 Å². The van der Waals surface area contributed by atoms with Crippen molar-refractivity contribution in [1.82, 2.24) is 0 Å². The lowest BCUT2D eigenvalue weighted by Crippen LogP contribution is -2.59. The first kappa shape index (κ1) is 19.6. The smallest absolute Gasteiger partial charge is 0.303 e. The number of ketones is 2. The van der Waals surface area contributed by atoms with Gasteiger partial charge in [0.05, 0.1) is 0 Å². The van der Waals surface area contributed by atoms with Crippen molar-refractivity contribution in [2.75, 3.05) is 0 Å². The SMILES string of the molecule is CC(=O)O[C@]1(C(C)=O)CCC2C3C[C@H](C)C4=CC(=O)C=CC4(C)C3CCC21C. The zero-order valence-electron chi connectivity index (χ0n) is 17.7. The summed E-state index contributed by atoms with van der Waals surface area (Å²) in [6.45, 7) is 9.71. The lowest BCUT2D eigenvalue weighted by atomic mass is 9.45. The van der Waals surface area contributed by atoms with Crippen LogP contribution in [0.1, 0.15) is 66.7 Å². The predicted molar refractivity (Wildman–Crippen MR) is 106 cm³/mol. The standard InChI is InChI=1S/C24H32O4/c1-14-12-18-19(22(4)9-6-17(27)13-21(14)22)7-10-23(5)20(18)8-11-24(23,15(2)25)28-16(3)26/h6,9,13-14,18-20H,7-8,10-12H2,1-5H3/t14-,18?,19?,20?,22?,23?,24-/m0/s1. The van der Waals surface area contributed by atoms with E-state index in [1.165, 1.54) is 12.5 Å². The fourth-order valence-electron chi connectivity index (χ4n) is 7.68. The molecule has 0 bridgehead atoms. The van der Waals surface area contributed by atoms with Crippen LogP contribution in [0.15, 0.2) is 23.8 Å². The largest absolute Gasteiger partial charge is 0.451 e. The van der Waals surface area contributed by atoms with E-state index in [1.807, 2.05) is 6.08 Å². The first-order valence-electron chi connectivity index (χ1n) is 10.7. The van der Waals surface area contributed by atoms with Crippen molar-refractivity contribution in [2.24, 2.45) is 34.5 Å². The summed E-state index contributed by atoms with van der Waals surface area (Å²) in [5.41, 5.74) is -0.0919. The number of allylic oxidation sites excluding steroid dienone is 4. The highest BCUT2D eigenvalue weighted by Gasteiger charge is 2.68. The van der Waals surface area contributed by atoms with Gasteiger partial charge in [0.25, 0.3) is 0 Å². The van der Waals surface area contributed by atoms with Gasteiger partial charge >= 0.3 is 5.97 Å². The van der Waals surface area contributed by atoms with E-state index in [9.17, 15) is 14.4 Å². The van der Waals surface area contributed by atoms with Crippen LogP contribution in [-0.4, -0.2) is 23.1 Å². The van der Waals surface area contributed by atoms with E-state index in [2.05, 4.69) is 26.8 Å². The fourth-order valence-corrected chi connectivity index (χ4v) is 7.68. The molecule has 3 saturated carbocycles. The molecule has 152 valence electrons. The number of Topliss-reactive ketones (excluding diaryl/α,β-unsaturated/α-hetero) is 1. The summed E-state index contributed by atoms with van der Waals surface area (Å²) < 4.78 is 5.83. The molecule has 4 heteroatoms. The average molecular weight is 385 g/mol. The number of carbonyl (C=O) groups is 3. The summed E-state index contributed by atoms with van der Waals surface area (Å²) >= 11 is 0. The zero-order valence-corrected chi connectivity index (χ0v) is 17.7. The summed E-state index contributed by atoms with van der Waals surface area (Å²) in [6.07, 6.45) is 10.2. The molecule has 4 aliphatic carbocycles. The van der Waals surface area contributed by atoms with Crippen molar-refractivity contribution in [3.8, 4) is 0 Å². The summed E-state index contributed by atoms with van der Waals surface area (Å²) in [4.78, 5) is 36.7. The molecule has 0 aromatic heterocycles. The van der Waals surface area contributed by atoms with E-state index in [0.717, 1.165) is 25.7 Å². The molecule has 4 nitrogen and oxygen atoms in total. The van der Waals surface area contributed by atoms with Gasteiger partial charge in [-0.25, -0.2) is 0 Å². The van der Waals surface area contributed by atoms with Gasteiger partial charge in [-0.05, 0) is 74.9 Å². The number of hydrogen-bond acceptors (Lipinski definition) is 4. The van der Waals surface area contributed by atoms with Crippen LogP contribution in [0, 0.1) is 34.5 Å². The predicted octanol–water partition coefficient (Wildman–Crippen LogP) is 4.43. The number of ether oxygens (including phenoxy) is 1. The van der Waals surface area contributed by atoms with Gasteiger partial charge in [-0.3, -0.25) is 14.4 Å². The summed E-state index contributed by atoms with van der Waals surface area (Å²) in [5, 5.41) is 0. The normalized spacial score (nSPS) is 46.9. The molecule has 3 fully saturated rings. The second-order valence-electron chi connectivity index (χ2n) is 10.1. The molecule has 28 heavy (non-hydrogen) atoms. The number of rotatable bonds is 2. The molecule has 0 heterocycles. The summed E-state index contributed by atoms with van der Waals surface area (Å²) in [7, 11) is 0. The molecule has 0 aliphatic heterocycles. The lowest BCUT2D eigenvalue weighted by Gasteiger charge is -2.59. The van der Waals surface area contributed by atoms with Gasteiger partial charge in [0.2, 0.25) is 0 Å². The summed E-state index contributed by atoms with van der Waals surface area (Å²) in [5.74, 6) is 1.39. The van der Waals surface area contributed by atoms with Gasteiger partial charge in [0, 0.05) is 17.8 Å². The Balaban J connectivity index is 1.75. The quantitative estimate of drug-likeness (QED) is 0.661. The van der Waals surface area contributed by atoms with Crippen LogP contribution in [0.5, 0.6) is 0 Å². The van der Waals surface area contributed by atoms with Gasteiger partial charge < -0.3 is 4.74 Å². The van der Waals surface area contributed by atoms with E-state index in [1.54, 1.807) is 13.0 Å². The van der Waals surface area contributed by atoms with E-state index in [4.69, 9.17) is 4.74 Å². The van der Waals surface area contributed by atoms with Gasteiger partial charge in [-0.2, -0.15) is 0 Å². The maximum absolute atomic E-state index is 12.8. The topological polar surface area (TPSA) is 60.4 Å². The maximum atomic E-state index is 12.8. The molecule has 5 unspecified atom stereocenters. The van der Waals surface area contributed by atoms with Crippen LogP contribution in [0.2, 0.25) is 0 Å². The molecule has 7 atom stereocenters. The minimum atomic E-state index is -0.979. The molecule has 0 amide bonds. The Kier molecular flexibility index (Phi) is 4.30. The molecule has 0 aromatic carbocycles. The minimum absolute atomic E-state index is 0.00929. The van der Waals surface area contributed by atoms with Crippen molar-refractivity contribution in [3.63, 3.8) is 0 Å². The van der Waals surface area contributed by atoms with Crippen molar-refractivity contribution < 1.29 is 19.1 Å². The Morgan fingerprint density at radius 3 is 2.43 bits per heavy atom. The molecule has 0 radical (unpaired) electrons. The van der Waals surface area contributed by atoms with Crippen LogP contribution in [0.25, 0.3) is 0 Å². The second-order valence-corrected chi connectivity index (χ2v) is 10.1. The van der Waals surface area contributed by atoms with Gasteiger partial charge in [0.15, 0.2) is 17.2 Å². The number of fused-ring (bicyclic) bond motifs is 5. The molecule has 0 N–H and O–H groups in total. The third-order valence-corrected chi connectivity index (χ3v) is 8.88. The van der Waals surface area contributed by atoms with E-state index < -0.39 is 5.60 Å². The maximum Gasteiger partial charge on any atom is 0.303 e. The molecule has 4 aliphatic rings. The van der Waals surface area contributed by atoms with E-state index in [-0.39, 0.29) is 28.4 Å². The average Bonchev–Trinajstić information content (AvgIpc) is 2.90. The van der Waals surface area contributed by atoms with Crippen LogP contribution >= 0.6 is 0 Å². The molecular weight excluding hydrogens is 352 g/mol. The Labute approximate surface area is 167 Å². The lowest BCUT2D eigenvalue weighted by molar-refractivity contribution is -0.186. The third kappa shape index (κ3) is 2.39. The number of carbonyl (C=O) groups excluding carboxylic acids is 3. The Bertz CT molecular complexity index is 807. The highest BCUT2D eigenvalue weighted by atomic mass is 16.6. The fraction of sp³-hybridized carbons (Fsp3) is 0.708. The van der Waals surface area contributed by atoms with Crippen molar-refractivity contribution >= 4 is 17.5 Å². The van der Waals surface area contributed by atoms with Crippen LogP contribution < -0.4 is 0 Å². The van der Waals surface area contributed by atoms with E-state index >= 15 is 0 Å². The molecule has 4 rings (SSSR count). The molecule has 0 spiro atoms. The molecular formula is C24H32O4. The van der Waals surface area contributed by atoms with Crippen LogP contribution in [0.3, 0.4) is 0 Å². The van der Waals surface area contributed by atoms with Crippen molar-refractivity contribution in [2.45, 2.75) is 72.3 Å². The monoisotopic (exact) mass is 384 g/mol. The van der Waals surface area contributed by atoms with Gasteiger partial charge in [0.1, 0.15) is 0 Å². The summed E-state index contributed by atoms with van der Waals surface area (Å²) in [6, 6.07) is 0. The van der Waals surface area contributed by atoms with Gasteiger partial charge in [-0.1, -0.05) is 32.4 Å². The van der Waals surface area contributed by atoms with Crippen LogP contribution in [-0.2, 0) is 19.1 Å².